The fraction of sp³-hybridized carbons (Fsp3) is 0.450. The summed E-state index contributed by atoms with van der Waals surface area (Å²) in [6.45, 7) is 9.33. The molecule has 0 unspecified atom stereocenters. The van der Waals surface area contributed by atoms with Crippen LogP contribution in [0.1, 0.15) is 40.0 Å². The zero-order valence-corrected chi connectivity index (χ0v) is 18.2. The molecule has 0 spiro atoms. The minimum Gasteiger partial charge on any atom is -0.337 e. The molecule has 8 heteroatoms. The number of aromatic nitrogens is 3. The lowest BCUT2D eigenvalue weighted by Crippen LogP contribution is -2.41. The van der Waals surface area contributed by atoms with Crippen LogP contribution in [0.2, 0.25) is 0 Å². The van der Waals surface area contributed by atoms with Gasteiger partial charge >= 0.3 is 0 Å². The van der Waals surface area contributed by atoms with Gasteiger partial charge in [0.15, 0.2) is 5.65 Å². The Morgan fingerprint density at radius 3 is 2.54 bits per heavy atom. The third-order valence-electron chi connectivity index (χ3n) is 5.07. The molecule has 4 rings (SSSR count). The fourth-order valence-electron chi connectivity index (χ4n) is 3.61. The third-order valence-corrected chi connectivity index (χ3v) is 7.31. The van der Waals surface area contributed by atoms with Gasteiger partial charge in [-0.2, -0.15) is 5.10 Å². The molecule has 28 heavy (non-hydrogen) atoms. The second kappa shape index (κ2) is 7.40. The van der Waals surface area contributed by atoms with Crippen LogP contribution in [0.4, 0.5) is 0 Å². The summed E-state index contributed by atoms with van der Waals surface area (Å²) >= 11 is 1.73. The van der Waals surface area contributed by atoms with Crippen LogP contribution in [0, 0.1) is 13.8 Å². The number of hydrogen-bond acceptors (Lipinski definition) is 5. The molecule has 0 N–H and O–H groups in total. The Labute approximate surface area is 171 Å². The van der Waals surface area contributed by atoms with E-state index in [0.717, 1.165) is 22.3 Å². The summed E-state index contributed by atoms with van der Waals surface area (Å²) in [5.41, 5.74) is 3.23. The monoisotopic (exact) mass is 416 g/mol. The van der Waals surface area contributed by atoms with E-state index in [1.807, 2.05) is 10.7 Å². The van der Waals surface area contributed by atoms with Crippen LogP contribution in [-0.4, -0.2) is 54.4 Å². The molecule has 1 aliphatic heterocycles. The first-order chi connectivity index (χ1) is 13.3. The minimum absolute atomic E-state index is 0.0294. The van der Waals surface area contributed by atoms with Gasteiger partial charge in [0, 0.05) is 56.8 Å². The zero-order valence-electron chi connectivity index (χ0n) is 16.6. The van der Waals surface area contributed by atoms with Gasteiger partial charge in [-0.1, -0.05) is 0 Å². The number of aryl methyl sites for hydroxylation is 2. The predicted octanol–water partition coefficient (Wildman–Crippen LogP) is 3.56. The van der Waals surface area contributed by atoms with E-state index in [1.54, 1.807) is 22.4 Å². The normalized spacial score (nSPS) is 15.7. The summed E-state index contributed by atoms with van der Waals surface area (Å²) in [4.78, 5) is 22.4. The quantitative estimate of drug-likeness (QED) is 0.655. The molecule has 0 bridgehead atoms. The van der Waals surface area contributed by atoms with Crippen molar-refractivity contribution in [2.45, 2.75) is 33.7 Å². The molecule has 0 saturated carbocycles. The molecule has 1 saturated heterocycles. The number of thiophene rings is 1. The lowest BCUT2D eigenvalue weighted by molar-refractivity contribution is 0.0773. The summed E-state index contributed by atoms with van der Waals surface area (Å²) in [5.74, 6) is 1.06. The highest BCUT2D eigenvalue weighted by molar-refractivity contribution is 7.85. The molecule has 0 aliphatic carbocycles. The van der Waals surface area contributed by atoms with Crippen molar-refractivity contribution in [3.05, 3.63) is 33.6 Å². The van der Waals surface area contributed by atoms with Gasteiger partial charge < -0.3 is 4.90 Å². The van der Waals surface area contributed by atoms with Crippen molar-refractivity contribution in [2.24, 2.45) is 0 Å². The van der Waals surface area contributed by atoms with Gasteiger partial charge in [-0.3, -0.25) is 9.00 Å². The molecule has 0 atom stereocenters. The Morgan fingerprint density at radius 2 is 1.93 bits per heavy atom. The maximum Gasteiger partial charge on any atom is 0.254 e. The van der Waals surface area contributed by atoms with Gasteiger partial charge in [0.25, 0.3) is 5.91 Å². The van der Waals surface area contributed by atoms with Crippen LogP contribution >= 0.6 is 11.3 Å². The maximum absolute atomic E-state index is 13.3. The van der Waals surface area contributed by atoms with Crippen molar-refractivity contribution < 1.29 is 9.00 Å². The molecule has 1 amide bonds. The Morgan fingerprint density at radius 1 is 1.21 bits per heavy atom. The summed E-state index contributed by atoms with van der Waals surface area (Å²) in [7, 11) is -0.819. The molecule has 0 aromatic carbocycles. The number of hydrogen-bond donors (Lipinski definition) is 0. The van der Waals surface area contributed by atoms with Gasteiger partial charge in [-0.15, -0.1) is 11.3 Å². The molecular weight excluding hydrogens is 392 g/mol. The number of fused-ring (bicyclic) bond motifs is 1. The molecule has 1 aliphatic rings. The van der Waals surface area contributed by atoms with Gasteiger partial charge in [0.2, 0.25) is 0 Å². The molecule has 148 valence electrons. The second-order valence-electron chi connectivity index (χ2n) is 7.44. The Hall–Kier alpha value is -2.06. The highest BCUT2D eigenvalue weighted by Crippen LogP contribution is 2.33. The van der Waals surface area contributed by atoms with E-state index in [9.17, 15) is 9.00 Å². The van der Waals surface area contributed by atoms with E-state index in [-0.39, 0.29) is 11.9 Å². The van der Waals surface area contributed by atoms with Crippen molar-refractivity contribution in [1.82, 2.24) is 19.7 Å². The summed E-state index contributed by atoms with van der Waals surface area (Å²) in [6, 6.07) is 4.17. The lowest BCUT2D eigenvalue weighted by atomic mass is 10.1. The van der Waals surface area contributed by atoms with Gasteiger partial charge in [-0.05, 0) is 39.8 Å². The number of amides is 1. The predicted molar refractivity (Wildman–Crippen MR) is 114 cm³/mol. The Balaban J connectivity index is 1.88. The van der Waals surface area contributed by atoms with Crippen LogP contribution in [0.25, 0.3) is 22.3 Å². The van der Waals surface area contributed by atoms with E-state index in [0.29, 0.717) is 30.2 Å². The topological polar surface area (TPSA) is 68.1 Å². The third kappa shape index (κ3) is 3.39. The van der Waals surface area contributed by atoms with Crippen LogP contribution < -0.4 is 0 Å². The van der Waals surface area contributed by atoms with E-state index >= 15 is 0 Å². The average Bonchev–Trinajstić information content (AvgIpc) is 3.23. The van der Waals surface area contributed by atoms with Gasteiger partial charge in [0.05, 0.1) is 22.8 Å². The Kier molecular flexibility index (Phi) is 5.09. The van der Waals surface area contributed by atoms with Gasteiger partial charge in [0.1, 0.15) is 0 Å². The van der Waals surface area contributed by atoms with E-state index in [1.165, 1.54) is 9.75 Å². The fourth-order valence-corrected chi connectivity index (χ4v) is 5.59. The van der Waals surface area contributed by atoms with Crippen LogP contribution in [-0.2, 0) is 10.8 Å². The molecule has 1 fully saturated rings. The Bertz CT molecular complexity index is 1070. The van der Waals surface area contributed by atoms with Crippen molar-refractivity contribution in [2.75, 3.05) is 24.6 Å². The SMILES string of the molecule is Cc1cc(-c2cc(C(=O)N3CCS(=O)CC3)c3cnn(C(C)C)c3n2)c(C)s1. The van der Waals surface area contributed by atoms with Crippen molar-refractivity contribution >= 4 is 39.1 Å². The van der Waals surface area contributed by atoms with Crippen LogP contribution in [0.3, 0.4) is 0 Å². The molecule has 3 aromatic heterocycles. The first-order valence-corrected chi connectivity index (χ1v) is 11.8. The van der Waals surface area contributed by atoms with E-state index < -0.39 is 10.8 Å². The van der Waals surface area contributed by atoms with Crippen molar-refractivity contribution in [3.63, 3.8) is 0 Å². The standard InChI is InChI=1S/C20H24N4O2S2/c1-12(2)24-19-17(11-21-24)16(20(25)23-5-7-28(26)8-6-23)10-18(22-19)15-9-13(3)27-14(15)4/h9-12H,5-8H2,1-4H3. The first-order valence-electron chi connectivity index (χ1n) is 9.45. The molecule has 4 heterocycles. The molecular formula is C20H24N4O2S2. The number of nitrogens with zero attached hydrogens (tertiary/aromatic N) is 4. The van der Waals surface area contributed by atoms with E-state index in [4.69, 9.17) is 4.98 Å². The van der Waals surface area contributed by atoms with Gasteiger partial charge in [-0.25, -0.2) is 9.67 Å². The number of carbonyl (C=O) groups is 1. The number of carbonyl (C=O) groups excluding carboxylic acids is 1. The number of rotatable bonds is 3. The number of pyridine rings is 1. The molecule has 3 aromatic rings. The van der Waals surface area contributed by atoms with Crippen LogP contribution in [0.5, 0.6) is 0 Å². The molecule has 6 nitrogen and oxygen atoms in total. The zero-order chi connectivity index (χ0) is 20.0. The first kappa shape index (κ1) is 19.3. The largest absolute Gasteiger partial charge is 0.337 e. The molecule has 0 radical (unpaired) electrons. The van der Waals surface area contributed by atoms with Crippen molar-refractivity contribution in [1.29, 1.82) is 0 Å². The highest BCUT2D eigenvalue weighted by atomic mass is 32.2. The minimum atomic E-state index is -0.819. The lowest BCUT2D eigenvalue weighted by Gasteiger charge is -2.26. The summed E-state index contributed by atoms with van der Waals surface area (Å²) in [6.07, 6.45) is 1.74. The summed E-state index contributed by atoms with van der Waals surface area (Å²) < 4.78 is 13.6. The van der Waals surface area contributed by atoms with Crippen molar-refractivity contribution in [3.8, 4) is 11.3 Å². The van der Waals surface area contributed by atoms with Crippen LogP contribution in [0.15, 0.2) is 18.3 Å². The second-order valence-corrected chi connectivity index (χ2v) is 10.6. The highest BCUT2D eigenvalue weighted by Gasteiger charge is 2.25. The van der Waals surface area contributed by atoms with E-state index in [2.05, 4.69) is 38.9 Å². The smallest absolute Gasteiger partial charge is 0.254 e. The summed E-state index contributed by atoms with van der Waals surface area (Å²) in [5, 5.41) is 5.27. The maximum atomic E-state index is 13.3. The average molecular weight is 417 g/mol.